The molecule has 1 atom stereocenters. The Morgan fingerprint density at radius 3 is 2.74 bits per heavy atom. The van der Waals surface area contributed by atoms with Gasteiger partial charge in [-0.2, -0.15) is 0 Å². The van der Waals surface area contributed by atoms with E-state index in [-0.39, 0.29) is 17.6 Å². The highest BCUT2D eigenvalue weighted by Crippen LogP contribution is 2.36. The maximum absolute atomic E-state index is 12.2. The van der Waals surface area contributed by atoms with Gasteiger partial charge >= 0.3 is 0 Å². The molecule has 3 aromatic rings. The van der Waals surface area contributed by atoms with Crippen molar-refractivity contribution >= 4 is 11.0 Å². The third kappa shape index (κ3) is 3.60. The quantitative estimate of drug-likeness (QED) is 0.699. The largest absolute Gasteiger partial charge is 0.378 e. The molecule has 0 saturated carbocycles. The summed E-state index contributed by atoms with van der Waals surface area (Å²) in [4.78, 5) is 23.3. The molecule has 0 bridgehead atoms. The van der Waals surface area contributed by atoms with Crippen LogP contribution in [0.3, 0.4) is 0 Å². The lowest BCUT2D eigenvalue weighted by atomic mass is 9.98. The number of H-pyrrole nitrogens is 1. The molecular weight excluding hydrogens is 392 g/mol. The van der Waals surface area contributed by atoms with Gasteiger partial charge < -0.3 is 19.0 Å². The van der Waals surface area contributed by atoms with Crippen LogP contribution in [0.1, 0.15) is 42.7 Å². The Hall–Kier alpha value is -2.48. The fraction of sp³-hybridized carbons (Fsp3) is 0.500. The van der Waals surface area contributed by atoms with Gasteiger partial charge in [-0.3, -0.25) is 9.69 Å². The predicted octanol–water partition coefficient (Wildman–Crippen LogP) is 3.13. The minimum Gasteiger partial charge on any atom is -0.378 e. The minimum atomic E-state index is -0.0306. The van der Waals surface area contributed by atoms with Gasteiger partial charge in [-0.25, -0.2) is 4.98 Å². The molecule has 5 heterocycles. The van der Waals surface area contributed by atoms with Crippen LogP contribution >= 0.6 is 0 Å². The molecule has 2 aliphatic rings. The SMILES string of the molecule is Cc1cc(-c2[nH]c3ccc(C4CN(C5COC5)CCO4)nc3c2C(C)C)cn(C)c1=O. The van der Waals surface area contributed by atoms with Crippen molar-refractivity contribution in [2.45, 2.75) is 38.8 Å². The molecular formula is C24H30N4O3. The van der Waals surface area contributed by atoms with Crippen molar-refractivity contribution in [2.24, 2.45) is 7.05 Å². The van der Waals surface area contributed by atoms with E-state index in [2.05, 4.69) is 35.9 Å². The molecule has 1 N–H and O–H groups in total. The number of aromatic nitrogens is 3. The molecule has 0 amide bonds. The molecule has 2 saturated heterocycles. The highest BCUT2D eigenvalue weighted by molar-refractivity contribution is 5.88. The van der Waals surface area contributed by atoms with Crippen LogP contribution in [0.4, 0.5) is 0 Å². The van der Waals surface area contributed by atoms with E-state index in [0.29, 0.717) is 12.6 Å². The zero-order chi connectivity index (χ0) is 21.7. The molecule has 0 aliphatic carbocycles. The predicted molar refractivity (Wildman–Crippen MR) is 120 cm³/mol. The van der Waals surface area contributed by atoms with Crippen molar-refractivity contribution in [1.82, 2.24) is 19.4 Å². The number of rotatable bonds is 4. The van der Waals surface area contributed by atoms with Crippen molar-refractivity contribution in [2.75, 3.05) is 32.9 Å². The van der Waals surface area contributed by atoms with E-state index in [0.717, 1.165) is 59.9 Å². The van der Waals surface area contributed by atoms with Crippen LogP contribution in [0.15, 0.2) is 29.2 Å². The van der Waals surface area contributed by atoms with E-state index in [1.165, 1.54) is 5.56 Å². The molecule has 164 valence electrons. The summed E-state index contributed by atoms with van der Waals surface area (Å²) in [7, 11) is 1.80. The lowest BCUT2D eigenvalue weighted by Crippen LogP contribution is -2.53. The van der Waals surface area contributed by atoms with Gasteiger partial charge in [0.1, 0.15) is 6.10 Å². The van der Waals surface area contributed by atoms with E-state index in [1.807, 2.05) is 19.2 Å². The van der Waals surface area contributed by atoms with Crippen molar-refractivity contribution in [3.63, 3.8) is 0 Å². The van der Waals surface area contributed by atoms with Crippen LogP contribution in [-0.4, -0.2) is 58.4 Å². The molecule has 5 rings (SSSR count). The first-order chi connectivity index (χ1) is 14.9. The number of nitrogens with zero attached hydrogens (tertiary/aromatic N) is 3. The summed E-state index contributed by atoms with van der Waals surface area (Å²) in [6.07, 6.45) is 1.87. The summed E-state index contributed by atoms with van der Waals surface area (Å²) in [6, 6.07) is 6.65. The number of hydrogen-bond donors (Lipinski definition) is 1. The van der Waals surface area contributed by atoms with Gasteiger partial charge in [0.15, 0.2) is 0 Å². The van der Waals surface area contributed by atoms with Gasteiger partial charge in [0.2, 0.25) is 0 Å². The third-order valence-electron chi connectivity index (χ3n) is 6.49. The van der Waals surface area contributed by atoms with Crippen LogP contribution in [0.25, 0.3) is 22.3 Å². The number of aromatic amines is 1. The molecule has 0 aromatic carbocycles. The summed E-state index contributed by atoms with van der Waals surface area (Å²) in [5.74, 6) is 0.278. The van der Waals surface area contributed by atoms with Crippen LogP contribution < -0.4 is 5.56 Å². The first-order valence-corrected chi connectivity index (χ1v) is 11.1. The average Bonchev–Trinajstić information content (AvgIpc) is 3.09. The summed E-state index contributed by atoms with van der Waals surface area (Å²) in [5.41, 5.74) is 6.95. The van der Waals surface area contributed by atoms with Gasteiger partial charge in [0.25, 0.3) is 5.56 Å². The number of aryl methyl sites for hydroxylation is 2. The molecule has 1 unspecified atom stereocenters. The third-order valence-corrected chi connectivity index (χ3v) is 6.49. The zero-order valence-electron chi connectivity index (χ0n) is 18.6. The standard InChI is InChI=1S/C24H30N4O3/c1-14(2)21-22(16-9-15(3)24(29)27(4)10-16)26-19-6-5-18(25-23(19)21)20-11-28(7-8-31-20)17-12-30-13-17/h5-6,9-10,14,17,20,26H,7-8,11-13H2,1-4H3. The number of pyridine rings is 2. The number of morpholine rings is 1. The van der Waals surface area contributed by atoms with Crippen LogP contribution in [-0.2, 0) is 16.5 Å². The monoisotopic (exact) mass is 422 g/mol. The van der Waals surface area contributed by atoms with Gasteiger partial charge in [-0.1, -0.05) is 13.8 Å². The second-order valence-corrected chi connectivity index (χ2v) is 9.07. The Kier molecular flexibility index (Phi) is 5.20. The van der Waals surface area contributed by atoms with Gasteiger partial charge in [0.05, 0.1) is 48.3 Å². The van der Waals surface area contributed by atoms with E-state index in [4.69, 9.17) is 14.5 Å². The van der Waals surface area contributed by atoms with Crippen LogP contribution in [0.2, 0.25) is 0 Å². The molecule has 31 heavy (non-hydrogen) atoms. The van der Waals surface area contributed by atoms with Gasteiger partial charge in [-0.05, 0) is 31.0 Å². The lowest BCUT2D eigenvalue weighted by Gasteiger charge is -2.41. The van der Waals surface area contributed by atoms with Gasteiger partial charge in [0, 0.05) is 43.0 Å². The van der Waals surface area contributed by atoms with E-state index < -0.39 is 0 Å². The molecule has 0 radical (unpaired) electrons. The summed E-state index contributed by atoms with van der Waals surface area (Å²) >= 11 is 0. The Bertz CT molecular complexity index is 1150. The maximum Gasteiger partial charge on any atom is 0.253 e. The van der Waals surface area contributed by atoms with Crippen LogP contribution in [0.5, 0.6) is 0 Å². The molecule has 2 fully saturated rings. The number of hydrogen-bond acceptors (Lipinski definition) is 5. The summed E-state index contributed by atoms with van der Waals surface area (Å²) < 4.78 is 13.1. The zero-order valence-corrected chi connectivity index (χ0v) is 18.6. The number of fused-ring (bicyclic) bond motifs is 1. The van der Waals surface area contributed by atoms with Crippen molar-refractivity contribution < 1.29 is 9.47 Å². The lowest BCUT2D eigenvalue weighted by molar-refractivity contribution is -0.115. The first kappa shape index (κ1) is 20.4. The van der Waals surface area contributed by atoms with Crippen molar-refractivity contribution in [1.29, 1.82) is 0 Å². The first-order valence-electron chi connectivity index (χ1n) is 11.1. The number of nitrogens with one attached hydrogen (secondary N) is 1. The molecule has 0 spiro atoms. The minimum absolute atomic E-state index is 0.0298. The Morgan fingerprint density at radius 2 is 2.06 bits per heavy atom. The molecule has 2 aliphatic heterocycles. The Balaban J connectivity index is 1.56. The second kappa shape index (κ2) is 7.89. The fourth-order valence-corrected chi connectivity index (χ4v) is 4.70. The fourth-order valence-electron chi connectivity index (χ4n) is 4.70. The second-order valence-electron chi connectivity index (χ2n) is 9.07. The maximum atomic E-state index is 12.2. The Labute approximate surface area is 182 Å². The molecule has 7 nitrogen and oxygen atoms in total. The summed E-state index contributed by atoms with van der Waals surface area (Å²) in [5, 5.41) is 0. The van der Waals surface area contributed by atoms with E-state index in [1.54, 1.807) is 11.6 Å². The Morgan fingerprint density at radius 1 is 1.26 bits per heavy atom. The van der Waals surface area contributed by atoms with Crippen LogP contribution in [0, 0.1) is 6.92 Å². The van der Waals surface area contributed by atoms with Gasteiger partial charge in [-0.15, -0.1) is 0 Å². The highest BCUT2D eigenvalue weighted by Gasteiger charge is 2.32. The van der Waals surface area contributed by atoms with E-state index >= 15 is 0 Å². The highest BCUT2D eigenvalue weighted by atomic mass is 16.5. The normalized spacial score (nSPS) is 20.5. The van der Waals surface area contributed by atoms with E-state index in [9.17, 15) is 4.79 Å². The molecule has 3 aromatic heterocycles. The number of ether oxygens (including phenoxy) is 2. The topological polar surface area (TPSA) is 72.4 Å². The average molecular weight is 423 g/mol. The summed E-state index contributed by atoms with van der Waals surface area (Å²) in [6.45, 7) is 10.4. The molecule has 7 heteroatoms. The van der Waals surface area contributed by atoms with Crippen molar-refractivity contribution in [3.05, 3.63) is 51.6 Å². The van der Waals surface area contributed by atoms with Crippen molar-refractivity contribution in [3.8, 4) is 11.3 Å². The smallest absolute Gasteiger partial charge is 0.253 e.